The second-order valence-corrected chi connectivity index (χ2v) is 7.53. The Morgan fingerprint density at radius 3 is 2.28 bits per heavy atom. The van der Waals surface area contributed by atoms with Gasteiger partial charge in [-0.25, -0.2) is 9.69 Å². The molecule has 0 radical (unpaired) electrons. The van der Waals surface area contributed by atoms with Gasteiger partial charge in [0.05, 0.1) is 17.4 Å². The fourth-order valence-electron chi connectivity index (χ4n) is 2.78. The Balaban J connectivity index is 1.83. The molecule has 1 aliphatic heterocycles. The molecule has 0 fully saturated rings. The number of benzene rings is 2. The Bertz CT molecular complexity index is 1030. The van der Waals surface area contributed by atoms with Crippen molar-refractivity contribution in [3.05, 3.63) is 69.3 Å². The highest BCUT2D eigenvalue weighted by Gasteiger charge is 2.39. The molecule has 0 saturated heterocycles. The maximum Gasteiger partial charge on any atom is 0.338 e. The van der Waals surface area contributed by atoms with Gasteiger partial charge in [0.25, 0.3) is 11.8 Å². The summed E-state index contributed by atoms with van der Waals surface area (Å²) in [6.45, 7) is 5.31. The lowest BCUT2D eigenvalue weighted by molar-refractivity contribution is -0.120. The number of nitrogens with zero attached hydrogens (tertiary/aromatic N) is 1. The summed E-state index contributed by atoms with van der Waals surface area (Å²) >= 11 is 12.1. The average molecular weight is 433 g/mol. The van der Waals surface area contributed by atoms with E-state index in [4.69, 9.17) is 27.9 Å². The molecule has 1 aliphatic rings. The monoisotopic (exact) mass is 432 g/mol. The Kier molecular flexibility index (Phi) is 5.96. The van der Waals surface area contributed by atoms with Crippen molar-refractivity contribution in [3.8, 4) is 0 Å². The molecule has 0 spiro atoms. The first-order valence-corrected chi connectivity index (χ1v) is 9.57. The van der Waals surface area contributed by atoms with Gasteiger partial charge >= 0.3 is 5.97 Å². The SMILES string of the molecule is Cc1cc(Cl)ccc1NC1=C(Cl)C(=O)N(c2ccc(C(=O)OC(C)C)cc2)C1=O. The van der Waals surface area contributed by atoms with Gasteiger partial charge in [0, 0.05) is 10.7 Å². The van der Waals surface area contributed by atoms with Crippen LogP contribution in [0.2, 0.25) is 5.02 Å². The Labute approximate surface area is 178 Å². The second kappa shape index (κ2) is 8.27. The van der Waals surface area contributed by atoms with Crippen LogP contribution in [0.5, 0.6) is 0 Å². The lowest BCUT2D eigenvalue weighted by Gasteiger charge is -2.16. The number of halogens is 2. The number of nitrogens with one attached hydrogen (secondary N) is 1. The lowest BCUT2D eigenvalue weighted by atomic mass is 10.2. The molecule has 3 rings (SSSR count). The number of esters is 1. The molecule has 2 aromatic carbocycles. The molecule has 0 aliphatic carbocycles. The molecule has 2 amide bonds. The summed E-state index contributed by atoms with van der Waals surface area (Å²) in [5.74, 6) is -1.72. The number of ether oxygens (including phenoxy) is 1. The molecule has 2 aromatic rings. The number of aryl methyl sites for hydroxylation is 1. The third-order valence-electron chi connectivity index (χ3n) is 4.18. The minimum atomic E-state index is -0.650. The van der Waals surface area contributed by atoms with Gasteiger partial charge in [0.1, 0.15) is 10.7 Å². The van der Waals surface area contributed by atoms with E-state index in [-0.39, 0.29) is 16.8 Å². The van der Waals surface area contributed by atoms with Gasteiger partial charge in [-0.2, -0.15) is 0 Å². The first kappa shape index (κ1) is 20.9. The average Bonchev–Trinajstić information content (AvgIpc) is 2.86. The van der Waals surface area contributed by atoms with Gasteiger partial charge in [-0.05, 0) is 68.8 Å². The smallest absolute Gasteiger partial charge is 0.338 e. The number of hydrogen-bond donors (Lipinski definition) is 1. The van der Waals surface area contributed by atoms with Crippen molar-refractivity contribution in [3.63, 3.8) is 0 Å². The minimum Gasteiger partial charge on any atom is -0.459 e. The summed E-state index contributed by atoms with van der Waals surface area (Å²) in [5, 5.41) is 3.26. The Hall–Kier alpha value is -2.83. The molecule has 1 heterocycles. The summed E-state index contributed by atoms with van der Waals surface area (Å²) in [7, 11) is 0. The Morgan fingerprint density at radius 1 is 1.03 bits per heavy atom. The molecule has 1 N–H and O–H groups in total. The van der Waals surface area contributed by atoms with Crippen molar-refractivity contribution in [1.82, 2.24) is 0 Å². The van der Waals surface area contributed by atoms with Gasteiger partial charge in [-0.3, -0.25) is 9.59 Å². The highest BCUT2D eigenvalue weighted by Crippen LogP contribution is 2.31. The molecule has 0 aromatic heterocycles. The number of carbonyl (C=O) groups is 3. The maximum absolute atomic E-state index is 12.9. The molecule has 29 heavy (non-hydrogen) atoms. The highest BCUT2D eigenvalue weighted by atomic mass is 35.5. The van der Waals surface area contributed by atoms with E-state index in [9.17, 15) is 14.4 Å². The fraction of sp³-hybridized carbons (Fsp3) is 0.190. The van der Waals surface area contributed by atoms with Crippen molar-refractivity contribution in [2.45, 2.75) is 26.9 Å². The predicted molar refractivity (Wildman–Crippen MR) is 112 cm³/mol. The van der Waals surface area contributed by atoms with Crippen molar-refractivity contribution in [2.75, 3.05) is 10.2 Å². The van der Waals surface area contributed by atoms with Crippen molar-refractivity contribution >= 4 is 52.4 Å². The number of carbonyl (C=O) groups excluding carboxylic acids is 3. The van der Waals surface area contributed by atoms with E-state index in [0.717, 1.165) is 10.5 Å². The summed E-state index contributed by atoms with van der Waals surface area (Å²) in [6, 6.07) is 11.1. The van der Waals surface area contributed by atoms with Gasteiger partial charge in [-0.15, -0.1) is 0 Å². The van der Waals surface area contributed by atoms with Crippen LogP contribution in [0.25, 0.3) is 0 Å². The van der Waals surface area contributed by atoms with Crippen molar-refractivity contribution in [1.29, 1.82) is 0 Å². The van der Waals surface area contributed by atoms with Gasteiger partial charge < -0.3 is 10.1 Å². The van der Waals surface area contributed by atoms with Crippen LogP contribution in [-0.2, 0) is 14.3 Å². The van der Waals surface area contributed by atoms with Crippen LogP contribution in [0, 0.1) is 6.92 Å². The number of imide groups is 1. The standard InChI is InChI=1S/C21H18Cl2N2O4/c1-11(2)29-21(28)13-4-7-15(8-5-13)25-19(26)17(23)18(20(25)27)24-16-9-6-14(22)10-12(16)3/h4-11,24H,1-3H3. The number of anilines is 2. The van der Waals surface area contributed by atoms with Crippen molar-refractivity contribution in [2.24, 2.45) is 0 Å². The molecule has 8 heteroatoms. The van der Waals surface area contributed by atoms with E-state index in [1.165, 1.54) is 24.3 Å². The van der Waals surface area contributed by atoms with Gasteiger partial charge in [-0.1, -0.05) is 23.2 Å². The van der Waals surface area contributed by atoms with E-state index in [2.05, 4.69) is 5.32 Å². The normalized spacial score (nSPS) is 14.1. The van der Waals surface area contributed by atoms with Crippen LogP contribution in [0.15, 0.2) is 53.2 Å². The molecule has 6 nitrogen and oxygen atoms in total. The molecular weight excluding hydrogens is 415 g/mol. The predicted octanol–water partition coefficient (Wildman–Crippen LogP) is 4.65. The first-order chi connectivity index (χ1) is 13.7. The summed E-state index contributed by atoms with van der Waals surface area (Å²) in [5.41, 5.74) is 1.99. The largest absolute Gasteiger partial charge is 0.459 e. The Morgan fingerprint density at radius 2 is 1.69 bits per heavy atom. The first-order valence-electron chi connectivity index (χ1n) is 8.82. The van der Waals surface area contributed by atoms with Crippen LogP contribution in [0.3, 0.4) is 0 Å². The number of amides is 2. The van der Waals surface area contributed by atoms with Crippen LogP contribution >= 0.6 is 23.2 Å². The van der Waals surface area contributed by atoms with Crippen LogP contribution in [0.1, 0.15) is 29.8 Å². The zero-order chi connectivity index (χ0) is 21.3. The van der Waals surface area contributed by atoms with Gasteiger partial charge in [0.15, 0.2) is 0 Å². The zero-order valence-electron chi connectivity index (χ0n) is 16.0. The zero-order valence-corrected chi connectivity index (χ0v) is 17.5. The molecule has 0 bridgehead atoms. The fourth-order valence-corrected chi connectivity index (χ4v) is 3.22. The third-order valence-corrected chi connectivity index (χ3v) is 4.77. The van der Waals surface area contributed by atoms with Crippen LogP contribution in [0.4, 0.5) is 11.4 Å². The summed E-state index contributed by atoms with van der Waals surface area (Å²) in [4.78, 5) is 38.4. The van der Waals surface area contributed by atoms with E-state index in [0.29, 0.717) is 22.0 Å². The van der Waals surface area contributed by atoms with Gasteiger partial charge in [0.2, 0.25) is 0 Å². The molecule has 0 unspecified atom stereocenters. The molecule has 0 saturated carbocycles. The summed E-state index contributed by atoms with van der Waals surface area (Å²) < 4.78 is 5.13. The number of hydrogen-bond acceptors (Lipinski definition) is 5. The summed E-state index contributed by atoms with van der Waals surface area (Å²) in [6.07, 6.45) is -0.253. The van der Waals surface area contributed by atoms with Crippen molar-refractivity contribution < 1.29 is 19.1 Å². The van der Waals surface area contributed by atoms with E-state index in [1.807, 2.05) is 6.92 Å². The van der Waals surface area contributed by atoms with E-state index in [1.54, 1.807) is 32.0 Å². The molecule has 0 atom stereocenters. The second-order valence-electron chi connectivity index (χ2n) is 6.72. The lowest BCUT2D eigenvalue weighted by Crippen LogP contribution is -2.32. The molecular formula is C21H18Cl2N2O4. The molecule has 150 valence electrons. The minimum absolute atomic E-state index is 0.0228. The quantitative estimate of drug-likeness (QED) is 0.549. The highest BCUT2D eigenvalue weighted by molar-refractivity contribution is 6.53. The van der Waals surface area contributed by atoms with Crippen LogP contribution in [-0.4, -0.2) is 23.9 Å². The third kappa shape index (κ3) is 4.28. The topological polar surface area (TPSA) is 75.7 Å². The van der Waals surface area contributed by atoms with Crippen LogP contribution < -0.4 is 10.2 Å². The van der Waals surface area contributed by atoms with E-state index >= 15 is 0 Å². The maximum atomic E-state index is 12.9. The van der Waals surface area contributed by atoms with E-state index < -0.39 is 17.8 Å². The number of rotatable bonds is 5.